The van der Waals surface area contributed by atoms with E-state index in [1.54, 1.807) is 17.1 Å². The van der Waals surface area contributed by atoms with Gasteiger partial charge in [-0.05, 0) is 30.2 Å². The second-order valence-electron chi connectivity index (χ2n) is 5.03. The highest BCUT2D eigenvalue weighted by Gasteiger charge is 2.16. The maximum Gasteiger partial charge on any atom is 0.211 e. The fraction of sp³-hybridized carbons (Fsp3) is 0.0526. The molecule has 22 heavy (non-hydrogen) atoms. The van der Waals surface area contributed by atoms with Crippen molar-refractivity contribution in [2.24, 2.45) is 0 Å². The lowest BCUT2D eigenvalue weighted by Gasteiger charge is -2.09. The quantitative estimate of drug-likeness (QED) is 0.536. The average molecular weight is 288 g/mol. The predicted molar refractivity (Wildman–Crippen MR) is 88.3 cm³/mol. The van der Waals surface area contributed by atoms with E-state index in [2.05, 4.69) is 5.10 Å². The maximum atomic E-state index is 12.9. The van der Waals surface area contributed by atoms with Crippen molar-refractivity contribution in [1.29, 1.82) is 0 Å². The molecule has 1 heterocycles. The van der Waals surface area contributed by atoms with Gasteiger partial charge in [0, 0.05) is 18.0 Å². The first-order valence-electron chi connectivity index (χ1n) is 7.13. The van der Waals surface area contributed by atoms with Crippen molar-refractivity contribution in [2.75, 3.05) is 0 Å². The van der Waals surface area contributed by atoms with Gasteiger partial charge in [0.25, 0.3) is 0 Å². The number of aryl methyl sites for hydroxylation is 1. The van der Waals surface area contributed by atoms with E-state index >= 15 is 0 Å². The monoisotopic (exact) mass is 288 g/mol. The Bertz CT molecular complexity index is 802. The highest BCUT2D eigenvalue weighted by atomic mass is 16.1. The van der Waals surface area contributed by atoms with Crippen LogP contribution >= 0.6 is 0 Å². The molecule has 0 N–H and O–H groups in total. The molecule has 0 unspecified atom stereocenters. The van der Waals surface area contributed by atoms with E-state index in [-0.39, 0.29) is 5.78 Å². The molecule has 0 aliphatic rings. The Morgan fingerprint density at radius 1 is 1.00 bits per heavy atom. The van der Waals surface area contributed by atoms with Crippen LogP contribution in [-0.2, 0) is 0 Å². The van der Waals surface area contributed by atoms with E-state index in [0.29, 0.717) is 11.3 Å². The van der Waals surface area contributed by atoms with E-state index in [9.17, 15) is 4.79 Å². The second-order valence-corrected chi connectivity index (χ2v) is 5.03. The predicted octanol–water partition coefficient (Wildman–Crippen LogP) is 4.07. The van der Waals surface area contributed by atoms with Crippen molar-refractivity contribution in [2.45, 2.75) is 6.92 Å². The maximum absolute atomic E-state index is 12.9. The van der Waals surface area contributed by atoms with E-state index < -0.39 is 0 Å². The number of Topliss-reactive ketones (excluding diaryl/α,β-unsaturated/α-hetero) is 1. The summed E-state index contributed by atoms with van der Waals surface area (Å²) in [5, 5.41) is 4.22. The van der Waals surface area contributed by atoms with Crippen molar-refractivity contribution in [3.8, 4) is 0 Å². The van der Waals surface area contributed by atoms with Crippen molar-refractivity contribution in [3.05, 3.63) is 89.7 Å². The minimum Gasteiger partial charge on any atom is -0.287 e. The summed E-state index contributed by atoms with van der Waals surface area (Å²) >= 11 is 0. The molecule has 0 aliphatic carbocycles. The molecule has 1 aromatic heterocycles. The van der Waals surface area contributed by atoms with Gasteiger partial charge in [0.05, 0.1) is 0 Å². The van der Waals surface area contributed by atoms with Gasteiger partial charge in [-0.25, -0.2) is 4.68 Å². The summed E-state index contributed by atoms with van der Waals surface area (Å²) in [5.74, 6) is -0.0364. The van der Waals surface area contributed by atoms with Gasteiger partial charge in [0.1, 0.15) is 5.70 Å². The lowest BCUT2D eigenvalue weighted by molar-refractivity contribution is 0.105. The molecule has 0 fully saturated rings. The fourth-order valence-electron chi connectivity index (χ4n) is 2.32. The third kappa shape index (κ3) is 2.88. The minimum atomic E-state index is -0.0364. The van der Waals surface area contributed by atoms with Gasteiger partial charge in [-0.2, -0.15) is 5.10 Å². The highest BCUT2D eigenvalue weighted by Crippen LogP contribution is 2.19. The van der Waals surface area contributed by atoms with Crippen molar-refractivity contribution in [1.82, 2.24) is 9.78 Å². The largest absolute Gasteiger partial charge is 0.287 e. The van der Waals surface area contributed by atoms with Gasteiger partial charge >= 0.3 is 0 Å². The topological polar surface area (TPSA) is 34.9 Å². The SMILES string of the molecule is Cc1ccccc1C(=O)/C(=C/c1ccccc1)n1cccn1. The van der Waals surface area contributed by atoms with Gasteiger partial charge < -0.3 is 0 Å². The van der Waals surface area contributed by atoms with Gasteiger partial charge in [-0.1, -0.05) is 54.6 Å². The zero-order valence-corrected chi connectivity index (χ0v) is 12.3. The molecule has 0 saturated heterocycles. The number of carbonyl (C=O) groups is 1. The van der Waals surface area contributed by atoms with Crippen LogP contribution in [0.25, 0.3) is 11.8 Å². The van der Waals surface area contributed by atoms with Gasteiger partial charge in [-0.15, -0.1) is 0 Å². The number of rotatable bonds is 4. The van der Waals surface area contributed by atoms with E-state index in [0.717, 1.165) is 11.1 Å². The van der Waals surface area contributed by atoms with Crippen LogP contribution in [0.15, 0.2) is 73.1 Å². The van der Waals surface area contributed by atoms with E-state index in [1.165, 1.54) is 0 Å². The number of aromatic nitrogens is 2. The van der Waals surface area contributed by atoms with Gasteiger partial charge in [-0.3, -0.25) is 4.79 Å². The number of hydrogen-bond acceptors (Lipinski definition) is 2. The summed E-state index contributed by atoms with van der Waals surface area (Å²) in [4.78, 5) is 12.9. The molecule has 0 radical (unpaired) electrons. The summed E-state index contributed by atoms with van der Waals surface area (Å²) in [6.45, 7) is 1.94. The third-order valence-corrected chi connectivity index (χ3v) is 3.48. The van der Waals surface area contributed by atoms with Gasteiger partial charge in [0.15, 0.2) is 0 Å². The first-order chi connectivity index (χ1) is 10.8. The number of carbonyl (C=O) groups excluding carboxylic acids is 1. The smallest absolute Gasteiger partial charge is 0.211 e. The van der Waals surface area contributed by atoms with Crippen LogP contribution in [0.2, 0.25) is 0 Å². The first kappa shape index (κ1) is 14.0. The average Bonchev–Trinajstić information content (AvgIpc) is 3.08. The Balaban J connectivity index is 2.09. The van der Waals surface area contributed by atoms with Crippen molar-refractivity contribution >= 4 is 17.6 Å². The van der Waals surface area contributed by atoms with Crippen LogP contribution in [0.4, 0.5) is 0 Å². The molecule has 0 spiro atoms. The zero-order chi connectivity index (χ0) is 15.4. The first-order valence-corrected chi connectivity index (χ1v) is 7.13. The van der Waals surface area contributed by atoms with Crippen LogP contribution in [0, 0.1) is 6.92 Å². The minimum absolute atomic E-state index is 0.0364. The second kappa shape index (κ2) is 6.22. The Morgan fingerprint density at radius 3 is 2.41 bits per heavy atom. The molecule has 0 saturated carbocycles. The van der Waals surface area contributed by atoms with E-state index in [1.807, 2.05) is 73.7 Å². The Hall–Kier alpha value is -2.94. The molecule has 0 amide bonds. The van der Waals surface area contributed by atoms with Crippen LogP contribution in [0.3, 0.4) is 0 Å². The molecule has 3 nitrogen and oxygen atoms in total. The van der Waals surface area contributed by atoms with Crippen molar-refractivity contribution < 1.29 is 4.79 Å². The molecule has 0 atom stereocenters. The summed E-state index contributed by atoms with van der Waals surface area (Å²) in [5.41, 5.74) is 3.15. The highest BCUT2D eigenvalue weighted by molar-refractivity contribution is 6.28. The fourth-order valence-corrected chi connectivity index (χ4v) is 2.32. The van der Waals surface area contributed by atoms with Crippen molar-refractivity contribution in [3.63, 3.8) is 0 Å². The summed E-state index contributed by atoms with van der Waals surface area (Å²) in [7, 11) is 0. The van der Waals surface area contributed by atoms with Gasteiger partial charge in [0.2, 0.25) is 5.78 Å². The molecular weight excluding hydrogens is 272 g/mol. The van der Waals surface area contributed by atoms with Crippen LogP contribution in [0.1, 0.15) is 21.5 Å². The normalized spacial score (nSPS) is 11.4. The molecule has 0 bridgehead atoms. The summed E-state index contributed by atoms with van der Waals surface area (Å²) < 4.78 is 1.61. The molecule has 0 aliphatic heterocycles. The molecule has 3 heteroatoms. The number of allylic oxidation sites excluding steroid dienone is 1. The van der Waals surface area contributed by atoms with Crippen LogP contribution < -0.4 is 0 Å². The third-order valence-electron chi connectivity index (χ3n) is 3.48. The van der Waals surface area contributed by atoms with Crippen LogP contribution in [-0.4, -0.2) is 15.6 Å². The lowest BCUT2D eigenvalue weighted by atomic mass is 10.0. The van der Waals surface area contributed by atoms with E-state index in [4.69, 9.17) is 0 Å². The molecule has 3 rings (SSSR count). The number of benzene rings is 2. The van der Waals surface area contributed by atoms with Crippen LogP contribution in [0.5, 0.6) is 0 Å². The lowest BCUT2D eigenvalue weighted by Crippen LogP contribution is -2.11. The molecule has 108 valence electrons. The molecule has 2 aromatic carbocycles. The molecule has 3 aromatic rings. The molecular formula is C19H16N2O. The summed E-state index contributed by atoms with van der Waals surface area (Å²) in [6.07, 6.45) is 5.32. The number of hydrogen-bond donors (Lipinski definition) is 0. The Morgan fingerprint density at radius 2 is 1.73 bits per heavy atom. The number of nitrogens with zero attached hydrogens (tertiary/aromatic N) is 2. The standard InChI is InChI=1S/C19H16N2O/c1-15-8-5-6-11-17(15)19(22)18(21-13-7-12-20-21)14-16-9-3-2-4-10-16/h2-14H,1H3/b18-14-. The zero-order valence-electron chi connectivity index (χ0n) is 12.3. The summed E-state index contributed by atoms with van der Waals surface area (Å²) in [6, 6.07) is 19.2. The number of ketones is 1. The Labute approximate surface area is 129 Å². The Kier molecular flexibility index (Phi) is 3.97.